The zero-order valence-corrected chi connectivity index (χ0v) is 16.5. The van der Waals surface area contributed by atoms with Crippen molar-refractivity contribution in [3.63, 3.8) is 0 Å². The molecule has 31 heavy (non-hydrogen) atoms. The minimum atomic E-state index is -4.57. The number of hydrogen-bond donors (Lipinski definition) is 2. The zero-order valence-electron chi connectivity index (χ0n) is 16.5. The van der Waals surface area contributed by atoms with Gasteiger partial charge in [0.2, 0.25) is 0 Å². The average Bonchev–Trinajstić information content (AvgIpc) is 3.22. The first-order valence-corrected chi connectivity index (χ1v) is 9.10. The predicted molar refractivity (Wildman–Crippen MR) is 94.8 cm³/mol. The molecule has 1 saturated heterocycles. The molecule has 1 aliphatic rings. The topological polar surface area (TPSA) is 97.8 Å². The van der Waals surface area contributed by atoms with Gasteiger partial charge in [-0.05, 0) is 25.5 Å². The highest BCUT2D eigenvalue weighted by Gasteiger charge is 2.49. The summed E-state index contributed by atoms with van der Waals surface area (Å²) in [6, 6.07) is -2.27. The van der Waals surface area contributed by atoms with Crippen molar-refractivity contribution in [1.29, 1.82) is 0 Å². The van der Waals surface area contributed by atoms with E-state index in [9.17, 15) is 31.1 Å². The number of ether oxygens (including phenoxy) is 1. The van der Waals surface area contributed by atoms with Crippen molar-refractivity contribution >= 4 is 11.7 Å². The summed E-state index contributed by atoms with van der Waals surface area (Å²) in [6.45, 7) is 0.656. The quantitative estimate of drug-likeness (QED) is 0.654. The van der Waals surface area contributed by atoms with Gasteiger partial charge >= 0.3 is 18.4 Å². The molecule has 8 nitrogen and oxygen atoms in total. The lowest BCUT2D eigenvalue weighted by Gasteiger charge is -2.28. The number of nitrogens with one attached hydrogen (secondary N) is 1. The summed E-state index contributed by atoms with van der Waals surface area (Å²) < 4.78 is 83.2. The minimum absolute atomic E-state index is 0.126. The molecule has 0 unspecified atom stereocenters. The second-order valence-corrected chi connectivity index (χ2v) is 7.68. The number of carbonyl (C=O) groups excluding carboxylic acids is 1. The minimum Gasteiger partial charge on any atom is -0.364 e. The first-order chi connectivity index (χ1) is 14.2. The molecule has 3 rings (SSSR count). The number of nitrogens with zero attached hydrogens (tertiary/aromatic N) is 4. The molecule has 3 heterocycles. The van der Waals surface area contributed by atoms with E-state index >= 15 is 0 Å². The van der Waals surface area contributed by atoms with Gasteiger partial charge < -0.3 is 20.7 Å². The molecule has 1 fully saturated rings. The van der Waals surface area contributed by atoms with Crippen LogP contribution in [0.25, 0.3) is 5.65 Å². The Kier molecular flexibility index (Phi) is 5.82. The fraction of sp³-hybridized carbons (Fsp3) is 0.588. The van der Waals surface area contributed by atoms with Crippen LogP contribution in [0.2, 0.25) is 0 Å². The van der Waals surface area contributed by atoms with Gasteiger partial charge in [-0.1, -0.05) is 0 Å². The monoisotopic (exact) mass is 454 g/mol. The van der Waals surface area contributed by atoms with Crippen LogP contribution in [0, 0.1) is 0 Å². The first kappa shape index (κ1) is 23.1. The number of urea groups is 1. The molecule has 0 saturated carbocycles. The molecule has 0 aliphatic carbocycles. The third-order valence-electron chi connectivity index (χ3n) is 4.84. The Hall–Kier alpha value is -2.61. The summed E-state index contributed by atoms with van der Waals surface area (Å²) in [4.78, 5) is 17.0. The summed E-state index contributed by atoms with van der Waals surface area (Å²) in [5, 5.41) is 5.93. The molecule has 2 atom stereocenters. The summed E-state index contributed by atoms with van der Waals surface area (Å²) in [7, 11) is 0. The molecule has 3 N–H and O–H groups in total. The van der Waals surface area contributed by atoms with E-state index in [4.69, 9.17) is 10.5 Å². The van der Waals surface area contributed by atoms with Gasteiger partial charge in [-0.25, -0.2) is 14.3 Å². The summed E-state index contributed by atoms with van der Waals surface area (Å²) >= 11 is 0. The van der Waals surface area contributed by atoms with Crippen molar-refractivity contribution in [2.24, 2.45) is 5.73 Å². The normalized spacial score (nSPS) is 19.2. The van der Waals surface area contributed by atoms with Crippen LogP contribution in [0.15, 0.2) is 18.5 Å². The number of fused-ring (bicyclic) bond motifs is 1. The molecular formula is C17H20F6N6O2. The zero-order chi connectivity index (χ0) is 23.2. The highest BCUT2D eigenvalue weighted by Crippen LogP contribution is 2.33. The van der Waals surface area contributed by atoms with Crippen LogP contribution in [0.5, 0.6) is 0 Å². The molecule has 14 heteroatoms. The van der Waals surface area contributed by atoms with Gasteiger partial charge in [-0.15, -0.1) is 0 Å². The highest BCUT2D eigenvalue weighted by atomic mass is 19.4. The van der Waals surface area contributed by atoms with Gasteiger partial charge in [0.1, 0.15) is 6.04 Å². The maximum Gasteiger partial charge on any atom is 0.416 e. The lowest BCUT2D eigenvalue weighted by molar-refractivity contribution is -0.264. The van der Waals surface area contributed by atoms with Crippen LogP contribution in [0.3, 0.4) is 0 Å². The van der Waals surface area contributed by atoms with Crippen molar-refractivity contribution in [1.82, 2.24) is 24.8 Å². The van der Waals surface area contributed by atoms with Crippen LogP contribution >= 0.6 is 0 Å². The number of alkyl halides is 6. The smallest absolute Gasteiger partial charge is 0.364 e. The SMILES string of the molecule is CC(C)(OC[C@H](N)c1cn2ncc(CN3C[C@@H](C(F)(F)F)NC3=O)cc2n1)C(F)(F)F. The number of carbonyl (C=O) groups is 1. The van der Waals surface area contributed by atoms with Crippen LogP contribution in [0.4, 0.5) is 31.1 Å². The lowest BCUT2D eigenvalue weighted by atomic mass is 10.1. The van der Waals surface area contributed by atoms with Crippen LogP contribution in [0.1, 0.15) is 31.1 Å². The Bertz CT molecular complexity index is 957. The number of rotatable bonds is 6. The average molecular weight is 454 g/mol. The first-order valence-electron chi connectivity index (χ1n) is 9.10. The van der Waals surface area contributed by atoms with E-state index in [1.807, 2.05) is 5.32 Å². The van der Waals surface area contributed by atoms with E-state index in [-0.39, 0.29) is 17.9 Å². The number of nitrogens with two attached hydrogens (primary N) is 1. The Morgan fingerprint density at radius 1 is 1.29 bits per heavy atom. The van der Waals surface area contributed by atoms with Crippen molar-refractivity contribution < 1.29 is 35.9 Å². The predicted octanol–water partition coefficient (Wildman–Crippen LogP) is 2.54. The van der Waals surface area contributed by atoms with Gasteiger partial charge in [0.25, 0.3) is 0 Å². The van der Waals surface area contributed by atoms with E-state index in [1.54, 1.807) is 0 Å². The van der Waals surface area contributed by atoms with Gasteiger partial charge in [-0.2, -0.15) is 31.4 Å². The van der Waals surface area contributed by atoms with E-state index in [1.165, 1.54) is 23.0 Å². The Labute approximate surface area is 172 Å². The van der Waals surface area contributed by atoms with E-state index < -0.39 is 49.2 Å². The molecule has 1 aliphatic heterocycles. The molecule has 2 amide bonds. The third-order valence-corrected chi connectivity index (χ3v) is 4.84. The second kappa shape index (κ2) is 7.82. The summed E-state index contributed by atoms with van der Waals surface area (Å²) in [6.07, 6.45) is -6.37. The summed E-state index contributed by atoms with van der Waals surface area (Å²) in [5.74, 6) is 0. The van der Waals surface area contributed by atoms with Crippen molar-refractivity contribution in [2.75, 3.05) is 13.2 Å². The van der Waals surface area contributed by atoms with E-state index in [2.05, 4.69) is 10.1 Å². The number of halogens is 6. The van der Waals surface area contributed by atoms with Crippen molar-refractivity contribution in [3.8, 4) is 0 Å². The van der Waals surface area contributed by atoms with Crippen molar-refractivity contribution in [3.05, 3.63) is 29.7 Å². The molecular weight excluding hydrogens is 434 g/mol. The molecule has 2 aromatic heterocycles. The van der Waals surface area contributed by atoms with Gasteiger partial charge in [0, 0.05) is 6.54 Å². The standard InChI is InChI=1S/C17H20F6N6O2/c1-15(2,17(21,22)23)31-8-10(24)11-6-29-13(26-11)3-9(4-25-29)5-28-7-12(16(18,19)20)27-14(28)30/h3-4,6,10,12H,5,7-8,24H2,1-2H3,(H,27,30)/t10-,12-/m0/s1. The van der Waals surface area contributed by atoms with Gasteiger partial charge in [0.15, 0.2) is 11.2 Å². The third kappa shape index (κ3) is 5.01. The lowest BCUT2D eigenvalue weighted by Crippen LogP contribution is -2.43. The van der Waals surface area contributed by atoms with Gasteiger partial charge in [-0.3, -0.25) is 0 Å². The number of amides is 2. The Morgan fingerprint density at radius 3 is 2.55 bits per heavy atom. The molecule has 0 radical (unpaired) electrons. The Balaban J connectivity index is 1.68. The Morgan fingerprint density at radius 2 is 1.97 bits per heavy atom. The number of imidazole rings is 1. The fourth-order valence-corrected chi connectivity index (χ4v) is 2.80. The largest absolute Gasteiger partial charge is 0.416 e. The molecule has 172 valence electrons. The number of aromatic nitrogens is 3. The second-order valence-electron chi connectivity index (χ2n) is 7.68. The molecule has 0 aromatic carbocycles. The van der Waals surface area contributed by atoms with Crippen LogP contribution < -0.4 is 11.1 Å². The fourth-order valence-electron chi connectivity index (χ4n) is 2.80. The number of hydrogen-bond acceptors (Lipinski definition) is 5. The van der Waals surface area contributed by atoms with E-state index in [0.717, 1.165) is 18.7 Å². The highest BCUT2D eigenvalue weighted by molar-refractivity contribution is 5.77. The van der Waals surface area contributed by atoms with Gasteiger partial charge in [0.05, 0.1) is 37.3 Å². The van der Waals surface area contributed by atoms with Crippen LogP contribution in [-0.2, 0) is 11.3 Å². The molecule has 0 bridgehead atoms. The maximum absolute atomic E-state index is 12.9. The molecule has 2 aromatic rings. The van der Waals surface area contributed by atoms with Crippen LogP contribution in [-0.4, -0.2) is 62.7 Å². The van der Waals surface area contributed by atoms with Crippen molar-refractivity contribution in [2.45, 2.75) is 50.4 Å². The molecule has 0 spiro atoms. The van der Waals surface area contributed by atoms with E-state index in [0.29, 0.717) is 5.56 Å². The summed E-state index contributed by atoms with van der Waals surface area (Å²) in [5.41, 5.74) is 4.41. The maximum atomic E-state index is 12.9.